The van der Waals surface area contributed by atoms with Crippen LogP contribution in [0.2, 0.25) is 0 Å². The molecule has 0 saturated carbocycles. The highest BCUT2D eigenvalue weighted by atomic mass is 32.2. The topological polar surface area (TPSA) is 156 Å². The number of nitrogens with zero attached hydrogens (tertiary/aromatic N) is 1. The lowest BCUT2D eigenvalue weighted by molar-refractivity contribution is -0.129. The van der Waals surface area contributed by atoms with Gasteiger partial charge in [0.25, 0.3) is 0 Å². The Balaban J connectivity index is 2.91. The molecule has 9 nitrogen and oxygen atoms in total. The Bertz CT molecular complexity index is 436. The van der Waals surface area contributed by atoms with Crippen molar-refractivity contribution in [3.8, 4) is 0 Å². The highest BCUT2D eigenvalue weighted by Gasteiger charge is 2.38. The zero-order chi connectivity index (χ0) is 12.6. The Hall–Kier alpha value is -0.510. The summed E-state index contributed by atoms with van der Waals surface area (Å²) in [4.78, 5) is 11.5. The minimum Gasteiger partial charge on any atom is -0.320 e. The quantitative estimate of drug-likeness (QED) is 0.356. The predicted octanol–water partition coefficient (Wildman–Crippen LogP) is -1.60. The van der Waals surface area contributed by atoms with E-state index in [0.717, 1.165) is 0 Å². The molecule has 11 heteroatoms. The maximum atomic E-state index is 11.7. The number of amides is 1. The van der Waals surface area contributed by atoms with E-state index in [1.807, 2.05) is 0 Å². The molecular weight excluding hydrogens is 259 g/mol. The second kappa shape index (κ2) is 4.40. The second-order valence-electron chi connectivity index (χ2n) is 3.40. The Morgan fingerprint density at radius 2 is 2.12 bits per heavy atom. The van der Waals surface area contributed by atoms with Crippen molar-refractivity contribution in [1.29, 1.82) is 0 Å². The molecule has 0 aliphatic carbocycles. The van der Waals surface area contributed by atoms with Crippen LogP contribution in [-0.4, -0.2) is 36.1 Å². The fourth-order valence-corrected chi connectivity index (χ4v) is 3.99. The van der Waals surface area contributed by atoms with E-state index >= 15 is 0 Å². The SMILES string of the molecule is N[C@H]1CCCN([P@](N)(=O)NS(=O)(=O)O)C1=O. The average Bonchev–Trinajstić information content (AvgIpc) is 2.05. The standard InChI is InChI=1S/C5H13N4O5PS/c6-4-2-1-3-9(5(4)10)15(7,11)8-16(12,13)14/h4H,1-3,6H2,(H3,7,8,11)(H,12,13,14)/t4-,15+/m0/s1. The Morgan fingerprint density at radius 3 is 2.62 bits per heavy atom. The van der Waals surface area contributed by atoms with Crippen molar-refractivity contribution in [2.24, 2.45) is 11.2 Å². The van der Waals surface area contributed by atoms with Gasteiger partial charge in [-0.05, 0) is 12.8 Å². The van der Waals surface area contributed by atoms with E-state index in [1.165, 1.54) is 4.49 Å². The molecule has 1 aliphatic heterocycles. The minimum atomic E-state index is -4.74. The van der Waals surface area contributed by atoms with Crippen LogP contribution < -0.4 is 15.7 Å². The van der Waals surface area contributed by atoms with Crippen LogP contribution in [0.5, 0.6) is 0 Å². The van der Waals surface area contributed by atoms with Gasteiger partial charge in [0.1, 0.15) is 0 Å². The Kier molecular flexibility index (Phi) is 3.72. The monoisotopic (exact) mass is 272 g/mol. The van der Waals surface area contributed by atoms with Gasteiger partial charge in [-0.3, -0.25) is 24.1 Å². The van der Waals surface area contributed by atoms with E-state index in [9.17, 15) is 17.8 Å². The molecule has 0 aromatic rings. The zero-order valence-corrected chi connectivity index (χ0v) is 9.95. The van der Waals surface area contributed by atoms with E-state index in [4.69, 9.17) is 15.8 Å². The number of nitrogens with two attached hydrogens (primary N) is 2. The summed E-state index contributed by atoms with van der Waals surface area (Å²) in [5, 5.41) is 0. The van der Waals surface area contributed by atoms with Crippen LogP contribution in [0.1, 0.15) is 12.8 Å². The number of hydrogen-bond donors (Lipinski definition) is 4. The molecule has 2 atom stereocenters. The van der Waals surface area contributed by atoms with Gasteiger partial charge in [-0.25, -0.2) is 0 Å². The molecular formula is C5H13N4O5PS. The van der Waals surface area contributed by atoms with Crippen LogP contribution in [0.15, 0.2) is 0 Å². The molecule has 0 bridgehead atoms. The molecule has 0 aromatic heterocycles. The number of carbonyl (C=O) groups excluding carboxylic acids is 1. The Labute approximate surface area is 92.6 Å². The molecule has 6 N–H and O–H groups in total. The van der Waals surface area contributed by atoms with Gasteiger partial charge in [0.2, 0.25) is 5.91 Å². The molecule has 1 fully saturated rings. The first-order valence-corrected chi connectivity index (χ1v) is 7.53. The first-order valence-electron chi connectivity index (χ1n) is 4.36. The third-order valence-electron chi connectivity index (χ3n) is 2.06. The molecule has 1 rings (SSSR count). The number of hydrogen-bond acceptors (Lipinski definition) is 5. The summed E-state index contributed by atoms with van der Waals surface area (Å²) in [7, 11) is -8.91. The molecule has 1 saturated heterocycles. The molecule has 16 heavy (non-hydrogen) atoms. The average molecular weight is 272 g/mol. The van der Waals surface area contributed by atoms with E-state index in [-0.39, 0.29) is 6.54 Å². The molecule has 0 unspecified atom stereocenters. The third-order valence-corrected chi connectivity index (χ3v) is 5.15. The second-order valence-corrected chi connectivity index (χ2v) is 6.81. The van der Waals surface area contributed by atoms with Gasteiger partial charge < -0.3 is 5.73 Å². The summed E-state index contributed by atoms with van der Waals surface area (Å²) in [6.07, 6.45) is 0.877. The van der Waals surface area contributed by atoms with Gasteiger partial charge in [0, 0.05) is 6.54 Å². The van der Waals surface area contributed by atoms with Gasteiger partial charge in [0.05, 0.1) is 6.04 Å². The van der Waals surface area contributed by atoms with Crippen LogP contribution in [0.4, 0.5) is 0 Å². The van der Waals surface area contributed by atoms with Crippen molar-refractivity contribution >= 4 is 23.8 Å². The summed E-state index contributed by atoms with van der Waals surface area (Å²) in [6, 6.07) is -0.853. The van der Waals surface area contributed by atoms with Gasteiger partial charge in [-0.15, -0.1) is 4.49 Å². The summed E-state index contributed by atoms with van der Waals surface area (Å²) in [5.74, 6) is -0.701. The normalized spacial score (nSPS) is 26.6. The lowest BCUT2D eigenvalue weighted by atomic mass is 10.1. The first kappa shape index (κ1) is 13.6. The first-order chi connectivity index (χ1) is 7.13. The zero-order valence-electron chi connectivity index (χ0n) is 8.24. The fraction of sp³-hybridized carbons (Fsp3) is 0.800. The van der Waals surface area contributed by atoms with E-state index in [1.54, 1.807) is 0 Å². The van der Waals surface area contributed by atoms with Crippen molar-refractivity contribution in [1.82, 2.24) is 9.16 Å². The summed E-state index contributed by atoms with van der Waals surface area (Å²) in [6.45, 7) is 0.0306. The summed E-state index contributed by atoms with van der Waals surface area (Å²) < 4.78 is 43.2. The maximum Gasteiger partial charge on any atom is 0.341 e. The van der Waals surface area contributed by atoms with Crippen LogP contribution >= 0.6 is 7.59 Å². The van der Waals surface area contributed by atoms with Gasteiger partial charge >= 0.3 is 17.9 Å². The van der Waals surface area contributed by atoms with Crippen LogP contribution in [-0.2, 0) is 19.7 Å². The van der Waals surface area contributed by atoms with E-state index in [2.05, 4.69) is 0 Å². The van der Waals surface area contributed by atoms with Gasteiger partial charge in [-0.2, -0.15) is 8.42 Å². The molecule has 1 amide bonds. The largest absolute Gasteiger partial charge is 0.341 e. The highest BCUT2D eigenvalue weighted by Crippen LogP contribution is 2.39. The Morgan fingerprint density at radius 1 is 1.56 bits per heavy atom. The van der Waals surface area contributed by atoms with E-state index in [0.29, 0.717) is 17.5 Å². The summed E-state index contributed by atoms with van der Waals surface area (Å²) >= 11 is 0. The van der Waals surface area contributed by atoms with Crippen molar-refractivity contribution < 1.29 is 22.3 Å². The molecule has 1 aliphatic rings. The van der Waals surface area contributed by atoms with Crippen molar-refractivity contribution in [2.75, 3.05) is 6.54 Å². The highest BCUT2D eigenvalue weighted by molar-refractivity contribution is 7.90. The molecule has 0 radical (unpaired) electrons. The molecule has 0 aromatic carbocycles. The van der Waals surface area contributed by atoms with Gasteiger partial charge in [0.15, 0.2) is 0 Å². The molecule has 94 valence electrons. The van der Waals surface area contributed by atoms with Gasteiger partial charge in [-0.1, -0.05) is 0 Å². The predicted molar refractivity (Wildman–Crippen MR) is 55.4 cm³/mol. The minimum absolute atomic E-state index is 0.0306. The van der Waals surface area contributed by atoms with Crippen LogP contribution in [0.3, 0.4) is 0 Å². The number of rotatable bonds is 3. The van der Waals surface area contributed by atoms with Crippen molar-refractivity contribution in [3.63, 3.8) is 0 Å². The lowest BCUT2D eigenvalue weighted by Gasteiger charge is -2.33. The van der Waals surface area contributed by atoms with Crippen LogP contribution in [0.25, 0.3) is 0 Å². The van der Waals surface area contributed by atoms with Crippen molar-refractivity contribution in [3.05, 3.63) is 0 Å². The number of nitrogens with one attached hydrogen (secondary N) is 1. The maximum absolute atomic E-state index is 11.7. The van der Waals surface area contributed by atoms with Crippen molar-refractivity contribution in [2.45, 2.75) is 18.9 Å². The lowest BCUT2D eigenvalue weighted by Crippen LogP contribution is -2.50. The third kappa shape index (κ3) is 3.24. The number of carbonyl (C=O) groups is 1. The smallest absolute Gasteiger partial charge is 0.320 e. The van der Waals surface area contributed by atoms with E-state index < -0.39 is 29.8 Å². The summed E-state index contributed by atoms with van der Waals surface area (Å²) in [5.41, 5.74) is 10.6. The number of piperidine rings is 1. The molecule has 0 spiro atoms. The molecule has 1 heterocycles. The van der Waals surface area contributed by atoms with Crippen LogP contribution in [0, 0.1) is 0 Å². The fourth-order valence-electron chi connectivity index (χ4n) is 1.40.